The van der Waals surface area contributed by atoms with Crippen LogP contribution in [-0.4, -0.2) is 60.2 Å². The van der Waals surface area contributed by atoms with Gasteiger partial charge in [-0.3, -0.25) is 9.58 Å². The fourth-order valence-electron chi connectivity index (χ4n) is 3.73. The Bertz CT molecular complexity index is 1090. The van der Waals surface area contributed by atoms with E-state index in [4.69, 9.17) is 16.1 Å². The maximum absolute atomic E-state index is 13.1. The topological polar surface area (TPSA) is 126 Å². The van der Waals surface area contributed by atoms with E-state index < -0.39 is 6.04 Å². The molecule has 1 aliphatic heterocycles. The summed E-state index contributed by atoms with van der Waals surface area (Å²) in [5.41, 5.74) is 1.18. The predicted molar refractivity (Wildman–Crippen MR) is 116 cm³/mol. The summed E-state index contributed by atoms with van der Waals surface area (Å²) in [5, 5.41) is 8.42. The molecule has 3 aromatic heterocycles. The highest BCUT2D eigenvalue weighted by atomic mass is 35.5. The molecule has 0 saturated heterocycles. The molecule has 1 atom stereocenters. The van der Waals surface area contributed by atoms with Gasteiger partial charge < -0.3 is 19.2 Å². The molecule has 3 aromatic rings. The first-order valence-corrected chi connectivity index (χ1v) is 11.0. The van der Waals surface area contributed by atoms with Crippen molar-refractivity contribution in [3.8, 4) is 11.6 Å². The number of halogens is 1. The van der Waals surface area contributed by atoms with Crippen molar-refractivity contribution in [1.29, 1.82) is 0 Å². The third kappa shape index (κ3) is 4.38. The minimum atomic E-state index is -0.740. The van der Waals surface area contributed by atoms with Gasteiger partial charge in [-0.15, -0.1) is 0 Å². The van der Waals surface area contributed by atoms with Crippen LogP contribution in [0.3, 0.4) is 0 Å². The van der Waals surface area contributed by atoms with Crippen LogP contribution in [0.4, 0.5) is 10.6 Å². The van der Waals surface area contributed by atoms with Crippen molar-refractivity contribution in [3.63, 3.8) is 0 Å². The molecule has 1 aliphatic rings. The van der Waals surface area contributed by atoms with E-state index in [9.17, 15) is 9.59 Å². The predicted octanol–water partition coefficient (Wildman–Crippen LogP) is 3.15. The van der Waals surface area contributed by atoms with Gasteiger partial charge in [-0.1, -0.05) is 18.5 Å². The number of hydrogen-bond donors (Lipinski definition) is 1. The molecule has 0 aromatic carbocycles. The van der Waals surface area contributed by atoms with E-state index in [1.165, 1.54) is 0 Å². The maximum atomic E-state index is 13.1. The molecule has 4 heterocycles. The summed E-state index contributed by atoms with van der Waals surface area (Å²) in [7, 11) is 1.82. The molecule has 0 bridgehead atoms. The fourth-order valence-corrected chi connectivity index (χ4v) is 3.91. The molecule has 2 amide bonds. The van der Waals surface area contributed by atoms with Gasteiger partial charge in [0.05, 0.1) is 5.69 Å². The molecule has 11 nitrogen and oxygen atoms in total. The number of nitrogens with one attached hydrogen (secondary N) is 1. The van der Waals surface area contributed by atoms with Gasteiger partial charge in [-0.2, -0.15) is 15.1 Å². The second-order valence-corrected chi connectivity index (χ2v) is 8.03. The standard InChI is InChI=1S/C20H25ClN8O3/c1-3-4-9-29-17-16(23-19(21)24-17)14(12-30)28(20(29)31)10-6-5-7-15-22-18(32-26-15)13-8-11-27(2)25-13/h8,11-12,14H,3-7,9-10H2,1-2H3,(H,23,24). The molecule has 4 rings (SSSR count). The monoisotopic (exact) mass is 460 g/mol. The third-order valence-electron chi connectivity index (χ3n) is 5.36. The number of aromatic nitrogens is 6. The molecule has 0 aliphatic carbocycles. The van der Waals surface area contributed by atoms with Crippen LogP contribution in [0, 0.1) is 0 Å². The van der Waals surface area contributed by atoms with Gasteiger partial charge in [0.25, 0.3) is 5.89 Å². The second-order valence-electron chi connectivity index (χ2n) is 7.67. The summed E-state index contributed by atoms with van der Waals surface area (Å²) in [4.78, 5) is 39.7. The van der Waals surface area contributed by atoms with Crippen molar-refractivity contribution in [2.24, 2.45) is 7.05 Å². The number of amides is 2. The Kier molecular flexibility index (Phi) is 6.54. The molecule has 0 saturated carbocycles. The smallest absolute Gasteiger partial charge is 0.326 e. The quantitative estimate of drug-likeness (QED) is 0.363. The van der Waals surface area contributed by atoms with Crippen LogP contribution in [0.5, 0.6) is 0 Å². The summed E-state index contributed by atoms with van der Waals surface area (Å²) in [6.07, 6.45) is 6.29. The van der Waals surface area contributed by atoms with Gasteiger partial charge in [-0.05, 0) is 36.9 Å². The van der Waals surface area contributed by atoms with Crippen LogP contribution in [0.15, 0.2) is 16.8 Å². The zero-order valence-corrected chi connectivity index (χ0v) is 18.7. The minimum Gasteiger partial charge on any atom is -0.332 e. The van der Waals surface area contributed by atoms with Crippen LogP contribution in [0.2, 0.25) is 5.28 Å². The Balaban J connectivity index is 1.39. The number of fused-ring (bicyclic) bond motifs is 1. The van der Waals surface area contributed by atoms with Gasteiger partial charge in [0, 0.05) is 32.8 Å². The average Bonchev–Trinajstić information content (AvgIpc) is 3.50. The number of aromatic amines is 1. The van der Waals surface area contributed by atoms with Gasteiger partial charge in [0.15, 0.2) is 17.3 Å². The number of carbonyl (C=O) groups is 2. The van der Waals surface area contributed by atoms with Crippen molar-refractivity contribution >= 4 is 29.7 Å². The number of aryl methyl sites for hydroxylation is 2. The summed E-state index contributed by atoms with van der Waals surface area (Å²) in [5.74, 6) is 1.40. The molecule has 1 N–H and O–H groups in total. The Morgan fingerprint density at radius 3 is 2.81 bits per heavy atom. The third-order valence-corrected chi connectivity index (χ3v) is 5.54. The lowest BCUT2D eigenvalue weighted by Gasteiger charge is -2.38. The number of anilines is 1. The van der Waals surface area contributed by atoms with Crippen molar-refractivity contribution < 1.29 is 14.1 Å². The minimum absolute atomic E-state index is 0.166. The highest BCUT2D eigenvalue weighted by Gasteiger charge is 2.39. The number of urea groups is 1. The first-order chi connectivity index (χ1) is 15.5. The normalized spacial score (nSPS) is 16.0. The lowest BCUT2D eigenvalue weighted by molar-refractivity contribution is -0.112. The van der Waals surface area contributed by atoms with E-state index in [1.807, 2.05) is 7.05 Å². The molecule has 12 heteroatoms. The Morgan fingerprint density at radius 1 is 1.25 bits per heavy atom. The largest absolute Gasteiger partial charge is 0.332 e. The van der Waals surface area contributed by atoms with Gasteiger partial charge in [-0.25, -0.2) is 4.79 Å². The zero-order chi connectivity index (χ0) is 22.7. The molecule has 0 radical (unpaired) electrons. The molecule has 170 valence electrons. The van der Waals surface area contributed by atoms with E-state index >= 15 is 0 Å². The van der Waals surface area contributed by atoms with Crippen LogP contribution < -0.4 is 4.90 Å². The van der Waals surface area contributed by atoms with Crippen LogP contribution in [0.1, 0.15) is 50.2 Å². The second kappa shape index (κ2) is 9.51. The first kappa shape index (κ1) is 22.0. The molecule has 32 heavy (non-hydrogen) atoms. The lowest BCUT2D eigenvalue weighted by atomic mass is 10.1. The van der Waals surface area contributed by atoms with E-state index in [-0.39, 0.29) is 11.3 Å². The number of hydrogen-bond acceptors (Lipinski definition) is 7. The number of carbonyl (C=O) groups excluding carboxylic acids is 2. The van der Waals surface area contributed by atoms with Crippen molar-refractivity contribution in [2.45, 2.75) is 45.1 Å². The molecular formula is C20H25ClN8O3. The van der Waals surface area contributed by atoms with E-state index in [2.05, 4.69) is 32.1 Å². The summed E-state index contributed by atoms with van der Waals surface area (Å²) >= 11 is 6.04. The summed E-state index contributed by atoms with van der Waals surface area (Å²) in [6, 6.07) is 0.832. The Labute approximate surface area is 189 Å². The molecule has 1 unspecified atom stereocenters. The van der Waals surface area contributed by atoms with Gasteiger partial charge in [0.1, 0.15) is 12.3 Å². The maximum Gasteiger partial charge on any atom is 0.326 e. The highest BCUT2D eigenvalue weighted by Crippen LogP contribution is 2.35. The van der Waals surface area contributed by atoms with Crippen LogP contribution in [0.25, 0.3) is 11.6 Å². The Morgan fingerprint density at radius 2 is 2.09 bits per heavy atom. The number of unbranched alkanes of at least 4 members (excludes halogenated alkanes) is 2. The van der Waals surface area contributed by atoms with Crippen LogP contribution in [-0.2, 0) is 18.3 Å². The van der Waals surface area contributed by atoms with E-state index in [0.29, 0.717) is 54.9 Å². The molecule has 0 spiro atoms. The van der Waals surface area contributed by atoms with Crippen molar-refractivity contribution in [3.05, 3.63) is 29.1 Å². The SMILES string of the molecule is CCCCN1C(=O)N(CCCCc2noc(-c3ccn(C)n3)n2)C(C=O)c2[nH]c(Cl)nc21. The number of nitrogens with zero attached hydrogens (tertiary/aromatic N) is 7. The van der Waals surface area contributed by atoms with Gasteiger partial charge >= 0.3 is 6.03 Å². The summed E-state index contributed by atoms with van der Waals surface area (Å²) < 4.78 is 6.94. The van der Waals surface area contributed by atoms with Crippen molar-refractivity contribution in [2.75, 3.05) is 18.0 Å². The average molecular weight is 461 g/mol. The fraction of sp³-hybridized carbons (Fsp3) is 0.500. The number of rotatable bonds is 10. The zero-order valence-electron chi connectivity index (χ0n) is 18.0. The lowest BCUT2D eigenvalue weighted by Crippen LogP contribution is -2.50. The molecule has 0 fully saturated rings. The number of aldehydes is 1. The number of H-pyrrole nitrogens is 1. The summed E-state index contributed by atoms with van der Waals surface area (Å²) in [6.45, 7) is 2.98. The van der Waals surface area contributed by atoms with E-state index in [1.54, 1.807) is 26.7 Å². The number of imidazole rings is 1. The van der Waals surface area contributed by atoms with Gasteiger partial charge in [0.2, 0.25) is 5.28 Å². The van der Waals surface area contributed by atoms with Crippen molar-refractivity contribution in [1.82, 2.24) is 34.8 Å². The van der Waals surface area contributed by atoms with Crippen LogP contribution >= 0.6 is 11.6 Å². The first-order valence-electron chi connectivity index (χ1n) is 10.6. The Hall–Kier alpha value is -3.21. The highest BCUT2D eigenvalue weighted by molar-refractivity contribution is 6.28. The van der Waals surface area contributed by atoms with E-state index in [0.717, 1.165) is 25.5 Å². The molecular weight excluding hydrogens is 436 g/mol.